The van der Waals surface area contributed by atoms with Crippen LogP contribution in [0.25, 0.3) is 0 Å². The summed E-state index contributed by atoms with van der Waals surface area (Å²) >= 11 is 0. The number of unbranched alkanes of at least 4 members (excludes halogenated alkanes) is 34. The number of aliphatic hydroxyl groups is 2. The third-order valence-corrected chi connectivity index (χ3v) is 12.3. The monoisotopic (exact) mass is 884 g/mol. The normalized spacial score (nSPS) is 13.0. The minimum absolute atomic E-state index is 0.0228. The number of amides is 1. The van der Waals surface area contributed by atoms with Gasteiger partial charge in [0.2, 0.25) is 5.91 Å². The van der Waals surface area contributed by atoms with Crippen LogP contribution in [-0.4, -0.2) is 47.4 Å². The molecule has 0 radical (unpaired) electrons. The van der Waals surface area contributed by atoms with Crippen molar-refractivity contribution in [2.24, 2.45) is 0 Å². The summed E-state index contributed by atoms with van der Waals surface area (Å²) in [4.78, 5) is 24.4. The molecule has 0 aromatic carbocycles. The fraction of sp³-hybridized carbons (Fsp3) is 0.825. The molecule has 0 bridgehead atoms. The van der Waals surface area contributed by atoms with E-state index >= 15 is 0 Å². The van der Waals surface area contributed by atoms with Crippen molar-refractivity contribution in [1.29, 1.82) is 0 Å². The smallest absolute Gasteiger partial charge is 0.305 e. The van der Waals surface area contributed by atoms with E-state index in [0.29, 0.717) is 19.4 Å². The van der Waals surface area contributed by atoms with E-state index in [0.717, 1.165) is 77.0 Å². The molecule has 0 rings (SSSR count). The van der Waals surface area contributed by atoms with Gasteiger partial charge in [0.15, 0.2) is 0 Å². The van der Waals surface area contributed by atoms with Gasteiger partial charge in [0.05, 0.1) is 25.4 Å². The van der Waals surface area contributed by atoms with Crippen LogP contribution in [0, 0.1) is 0 Å². The number of ether oxygens (including phenoxy) is 1. The predicted octanol–water partition coefficient (Wildman–Crippen LogP) is 16.6. The van der Waals surface area contributed by atoms with Gasteiger partial charge in [0.25, 0.3) is 0 Å². The van der Waals surface area contributed by atoms with Crippen molar-refractivity contribution >= 4 is 11.9 Å². The van der Waals surface area contributed by atoms with Crippen LogP contribution in [0.15, 0.2) is 48.6 Å². The average Bonchev–Trinajstić information content (AvgIpc) is 3.28. The molecule has 0 aliphatic rings. The van der Waals surface area contributed by atoms with Gasteiger partial charge in [0.1, 0.15) is 0 Å². The van der Waals surface area contributed by atoms with Crippen molar-refractivity contribution < 1.29 is 24.5 Å². The quantitative estimate of drug-likeness (QED) is 0.0245. The standard InChI is InChI=1S/C57H105NO5/c1-3-5-7-9-11-13-15-17-23-27-31-35-39-43-47-51-57(62)63-52-48-44-40-36-32-28-25-22-20-18-19-21-24-26-30-34-38-42-46-50-56(61)58-54(53-59)55(60)49-45-41-37-33-29-16-14-12-10-8-6-4-2/h17,22-23,25,28,32,45,49,54-55,59-60H,3-16,18-21,24,26-27,29-31,33-44,46-48,50-53H2,1-2H3,(H,58,61)/b23-17-,25-22-,32-28-,49-45+. The van der Waals surface area contributed by atoms with Gasteiger partial charge in [-0.15, -0.1) is 0 Å². The van der Waals surface area contributed by atoms with Gasteiger partial charge in [-0.3, -0.25) is 9.59 Å². The van der Waals surface area contributed by atoms with Gasteiger partial charge in [0, 0.05) is 12.8 Å². The molecule has 0 fully saturated rings. The number of rotatable bonds is 50. The van der Waals surface area contributed by atoms with Gasteiger partial charge in [-0.05, 0) is 89.9 Å². The highest BCUT2D eigenvalue weighted by Crippen LogP contribution is 2.15. The van der Waals surface area contributed by atoms with Crippen LogP contribution >= 0.6 is 0 Å². The molecule has 63 heavy (non-hydrogen) atoms. The van der Waals surface area contributed by atoms with E-state index < -0.39 is 12.1 Å². The Labute approximate surface area is 391 Å². The zero-order valence-electron chi connectivity index (χ0n) is 41.8. The van der Waals surface area contributed by atoms with Crippen LogP contribution in [-0.2, 0) is 14.3 Å². The third-order valence-electron chi connectivity index (χ3n) is 12.3. The highest BCUT2D eigenvalue weighted by atomic mass is 16.5. The van der Waals surface area contributed by atoms with E-state index in [-0.39, 0.29) is 18.5 Å². The highest BCUT2D eigenvalue weighted by Gasteiger charge is 2.18. The minimum atomic E-state index is -0.851. The summed E-state index contributed by atoms with van der Waals surface area (Å²) in [6.07, 6.45) is 65.5. The van der Waals surface area contributed by atoms with Crippen LogP contribution < -0.4 is 5.32 Å². The van der Waals surface area contributed by atoms with Crippen molar-refractivity contribution in [2.75, 3.05) is 13.2 Å². The molecular formula is C57H105NO5. The lowest BCUT2D eigenvalue weighted by molar-refractivity contribution is -0.143. The largest absolute Gasteiger partial charge is 0.466 e. The first-order chi connectivity index (χ1) is 31.0. The summed E-state index contributed by atoms with van der Waals surface area (Å²) in [7, 11) is 0. The van der Waals surface area contributed by atoms with Gasteiger partial charge in [-0.2, -0.15) is 0 Å². The Hall–Kier alpha value is -2.18. The minimum Gasteiger partial charge on any atom is -0.466 e. The van der Waals surface area contributed by atoms with Crippen molar-refractivity contribution in [3.8, 4) is 0 Å². The van der Waals surface area contributed by atoms with Gasteiger partial charge in [-0.25, -0.2) is 0 Å². The van der Waals surface area contributed by atoms with Gasteiger partial charge in [-0.1, -0.05) is 223 Å². The van der Waals surface area contributed by atoms with Crippen LogP contribution in [0.2, 0.25) is 0 Å². The average molecular weight is 884 g/mol. The maximum atomic E-state index is 12.4. The SMILES string of the molecule is CCCCCCCC/C=C\CCCCCCCC(=O)OCCCCC/C=C\C=C/CCCCCCCCCCCCC(=O)NC(CO)C(O)/C=C/CCCCCCCCCCCC. The molecule has 0 saturated heterocycles. The molecule has 0 aromatic heterocycles. The predicted molar refractivity (Wildman–Crippen MR) is 273 cm³/mol. The fourth-order valence-corrected chi connectivity index (χ4v) is 8.09. The number of nitrogens with one attached hydrogen (secondary N) is 1. The Bertz CT molecular complexity index is 1070. The van der Waals surface area contributed by atoms with E-state index in [1.54, 1.807) is 6.08 Å². The molecule has 2 unspecified atom stereocenters. The maximum absolute atomic E-state index is 12.4. The Morgan fingerprint density at radius 3 is 1.22 bits per heavy atom. The second-order valence-corrected chi connectivity index (χ2v) is 18.6. The Kier molecular flexibility index (Phi) is 50.6. The second-order valence-electron chi connectivity index (χ2n) is 18.6. The summed E-state index contributed by atoms with van der Waals surface area (Å²) < 4.78 is 5.44. The summed E-state index contributed by atoms with van der Waals surface area (Å²) in [5.74, 6) is -0.103. The number of aliphatic hydroxyl groups excluding tert-OH is 2. The Morgan fingerprint density at radius 1 is 0.444 bits per heavy atom. The summed E-state index contributed by atoms with van der Waals surface area (Å²) in [5.41, 5.74) is 0. The zero-order valence-corrected chi connectivity index (χ0v) is 41.8. The van der Waals surface area contributed by atoms with E-state index in [1.807, 2.05) is 6.08 Å². The lowest BCUT2D eigenvalue weighted by Gasteiger charge is -2.20. The molecule has 3 N–H and O–H groups in total. The molecule has 368 valence electrons. The molecule has 2 atom stereocenters. The lowest BCUT2D eigenvalue weighted by atomic mass is 10.0. The molecule has 0 aliphatic carbocycles. The summed E-state index contributed by atoms with van der Waals surface area (Å²) in [6.45, 7) is 4.84. The number of esters is 1. The van der Waals surface area contributed by atoms with Crippen LogP contribution in [0.1, 0.15) is 277 Å². The van der Waals surface area contributed by atoms with Crippen molar-refractivity contribution in [2.45, 2.75) is 289 Å². The number of carbonyl (C=O) groups excluding carboxylic acids is 2. The second kappa shape index (κ2) is 52.4. The van der Waals surface area contributed by atoms with E-state index in [2.05, 4.69) is 55.6 Å². The summed E-state index contributed by atoms with van der Waals surface area (Å²) in [6, 6.07) is -0.635. The molecule has 0 heterocycles. The van der Waals surface area contributed by atoms with Crippen molar-refractivity contribution in [3.05, 3.63) is 48.6 Å². The first-order valence-electron chi connectivity index (χ1n) is 27.4. The molecule has 6 nitrogen and oxygen atoms in total. The number of carbonyl (C=O) groups is 2. The number of hydrogen-bond acceptors (Lipinski definition) is 5. The molecule has 0 aliphatic heterocycles. The highest BCUT2D eigenvalue weighted by molar-refractivity contribution is 5.76. The van der Waals surface area contributed by atoms with E-state index in [1.165, 1.54) is 173 Å². The topological polar surface area (TPSA) is 95.9 Å². The zero-order chi connectivity index (χ0) is 45.8. The van der Waals surface area contributed by atoms with Crippen LogP contribution in [0.4, 0.5) is 0 Å². The fourth-order valence-electron chi connectivity index (χ4n) is 8.09. The van der Waals surface area contributed by atoms with Gasteiger partial charge >= 0.3 is 5.97 Å². The van der Waals surface area contributed by atoms with Crippen molar-refractivity contribution in [3.63, 3.8) is 0 Å². The van der Waals surface area contributed by atoms with E-state index in [4.69, 9.17) is 4.74 Å². The lowest BCUT2D eigenvalue weighted by Crippen LogP contribution is -2.45. The maximum Gasteiger partial charge on any atom is 0.305 e. The Morgan fingerprint density at radius 2 is 0.794 bits per heavy atom. The molecule has 0 spiro atoms. The number of allylic oxidation sites excluding steroid dienone is 7. The number of hydrogen-bond donors (Lipinski definition) is 3. The van der Waals surface area contributed by atoms with Gasteiger partial charge < -0.3 is 20.3 Å². The van der Waals surface area contributed by atoms with Crippen LogP contribution in [0.5, 0.6) is 0 Å². The first kappa shape index (κ1) is 60.8. The Balaban J connectivity index is 3.51. The van der Waals surface area contributed by atoms with E-state index in [9.17, 15) is 19.8 Å². The molecule has 1 amide bonds. The molecule has 6 heteroatoms. The third kappa shape index (κ3) is 49.1. The molecular weight excluding hydrogens is 779 g/mol. The molecule has 0 saturated carbocycles. The first-order valence-corrected chi connectivity index (χ1v) is 27.4. The summed E-state index contributed by atoms with van der Waals surface area (Å²) in [5, 5.41) is 23.0. The van der Waals surface area contributed by atoms with Crippen molar-refractivity contribution in [1.82, 2.24) is 5.32 Å². The molecule has 0 aromatic rings. The van der Waals surface area contributed by atoms with Crippen LogP contribution in [0.3, 0.4) is 0 Å².